The Morgan fingerprint density at radius 3 is 2.10 bits per heavy atom. The van der Waals surface area contributed by atoms with Crippen LogP contribution in [-0.4, -0.2) is 28.3 Å². The summed E-state index contributed by atoms with van der Waals surface area (Å²) in [6.45, 7) is 2.49. The minimum absolute atomic E-state index is 0.215. The SMILES string of the molecule is CCCCCCCC(O)(Cn1cnnc1)c1ccc(S(=O)(=O)c2ccccc2)cc1. The molecular weight excluding hydrogens is 398 g/mol. The summed E-state index contributed by atoms with van der Waals surface area (Å²) in [5.41, 5.74) is -0.428. The van der Waals surface area contributed by atoms with Gasteiger partial charge in [0.05, 0.1) is 16.3 Å². The Morgan fingerprint density at radius 2 is 1.47 bits per heavy atom. The summed E-state index contributed by atoms with van der Waals surface area (Å²) < 4.78 is 27.4. The van der Waals surface area contributed by atoms with E-state index >= 15 is 0 Å². The van der Waals surface area contributed by atoms with Gasteiger partial charge in [-0.1, -0.05) is 69.4 Å². The monoisotopic (exact) mass is 427 g/mol. The van der Waals surface area contributed by atoms with Crippen molar-refractivity contribution in [3.63, 3.8) is 0 Å². The summed E-state index contributed by atoms with van der Waals surface area (Å²) >= 11 is 0. The summed E-state index contributed by atoms with van der Waals surface area (Å²) in [4.78, 5) is 0.473. The van der Waals surface area contributed by atoms with Crippen LogP contribution >= 0.6 is 0 Å². The van der Waals surface area contributed by atoms with Crippen LogP contribution in [0.5, 0.6) is 0 Å². The molecule has 0 spiro atoms. The molecule has 1 aromatic heterocycles. The molecule has 1 atom stereocenters. The van der Waals surface area contributed by atoms with Crippen LogP contribution in [0, 0.1) is 0 Å². The molecule has 6 nitrogen and oxygen atoms in total. The number of nitrogens with zero attached hydrogens (tertiary/aromatic N) is 3. The zero-order valence-corrected chi connectivity index (χ0v) is 18.1. The maximum atomic E-state index is 12.8. The standard InChI is InChI=1S/C23H29N3O3S/c1-2-3-4-5-9-16-23(27,17-26-18-24-25-19-26)20-12-14-22(15-13-20)30(28,29)21-10-7-6-8-11-21/h6-8,10-15,18-19,27H,2-5,9,16-17H2,1H3. The fraction of sp³-hybridized carbons (Fsp3) is 0.391. The van der Waals surface area contributed by atoms with E-state index in [0.717, 1.165) is 19.3 Å². The second-order valence-electron chi connectivity index (χ2n) is 7.67. The van der Waals surface area contributed by atoms with Gasteiger partial charge in [0.1, 0.15) is 18.3 Å². The van der Waals surface area contributed by atoms with Crippen molar-refractivity contribution in [2.75, 3.05) is 0 Å². The average molecular weight is 428 g/mol. The van der Waals surface area contributed by atoms with E-state index < -0.39 is 15.4 Å². The molecule has 0 amide bonds. The minimum atomic E-state index is -3.59. The largest absolute Gasteiger partial charge is 0.383 e. The number of rotatable bonds is 11. The van der Waals surface area contributed by atoms with E-state index in [2.05, 4.69) is 17.1 Å². The van der Waals surface area contributed by atoms with E-state index in [0.29, 0.717) is 18.5 Å². The number of aromatic nitrogens is 3. The number of hydrogen-bond donors (Lipinski definition) is 1. The molecule has 3 aromatic rings. The lowest BCUT2D eigenvalue weighted by molar-refractivity contribution is 0.00691. The molecule has 0 aliphatic carbocycles. The van der Waals surface area contributed by atoms with E-state index in [4.69, 9.17) is 0 Å². The Labute approximate surface area is 178 Å². The smallest absolute Gasteiger partial charge is 0.206 e. The van der Waals surface area contributed by atoms with Gasteiger partial charge in [-0.2, -0.15) is 0 Å². The third-order valence-electron chi connectivity index (χ3n) is 5.36. The van der Waals surface area contributed by atoms with Crippen LogP contribution in [0.2, 0.25) is 0 Å². The molecule has 7 heteroatoms. The van der Waals surface area contributed by atoms with Gasteiger partial charge in [0.25, 0.3) is 0 Å². The average Bonchev–Trinajstić information content (AvgIpc) is 3.27. The predicted octanol–water partition coefficient (Wildman–Crippen LogP) is 4.36. The molecule has 160 valence electrons. The van der Waals surface area contributed by atoms with E-state index in [1.165, 1.54) is 12.8 Å². The third kappa shape index (κ3) is 5.34. The van der Waals surface area contributed by atoms with Crippen molar-refractivity contribution in [3.8, 4) is 0 Å². The molecule has 2 aromatic carbocycles. The van der Waals surface area contributed by atoms with E-state index in [-0.39, 0.29) is 9.79 Å². The number of aliphatic hydroxyl groups is 1. The van der Waals surface area contributed by atoms with E-state index in [9.17, 15) is 13.5 Å². The Balaban J connectivity index is 1.82. The zero-order valence-electron chi connectivity index (χ0n) is 17.3. The summed E-state index contributed by atoms with van der Waals surface area (Å²) in [6, 6.07) is 14.9. The molecular formula is C23H29N3O3S. The third-order valence-corrected chi connectivity index (χ3v) is 7.15. The number of unbranched alkanes of at least 4 members (excludes halogenated alkanes) is 4. The molecule has 0 aliphatic rings. The molecule has 0 fully saturated rings. The molecule has 0 saturated heterocycles. The van der Waals surface area contributed by atoms with Gasteiger partial charge in [-0.15, -0.1) is 10.2 Å². The van der Waals surface area contributed by atoms with Crippen molar-refractivity contribution < 1.29 is 13.5 Å². The van der Waals surface area contributed by atoms with Crippen LogP contribution in [0.15, 0.2) is 77.0 Å². The molecule has 1 heterocycles. The zero-order chi connectivity index (χ0) is 21.5. The first-order valence-electron chi connectivity index (χ1n) is 10.4. The van der Waals surface area contributed by atoms with Crippen LogP contribution in [0.3, 0.4) is 0 Å². The summed E-state index contributed by atoms with van der Waals surface area (Å²) in [7, 11) is -3.59. The van der Waals surface area contributed by atoms with Crippen LogP contribution in [0.4, 0.5) is 0 Å². The number of hydrogen-bond acceptors (Lipinski definition) is 5. The fourth-order valence-corrected chi connectivity index (χ4v) is 4.90. The van der Waals surface area contributed by atoms with Gasteiger partial charge in [-0.25, -0.2) is 8.42 Å². The summed E-state index contributed by atoms with van der Waals surface area (Å²) in [6.07, 6.45) is 9.19. The Kier molecular flexibility index (Phi) is 7.39. The second kappa shape index (κ2) is 10.00. The van der Waals surface area contributed by atoms with Crippen LogP contribution in [0.25, 0.3) is 0 Å². The summed E-state index contributed by atoms with van der Waals surface area (Å²) in [5, 5.41) is 19.1. The Bertz CT molecular complexity index is 1000. The van der Waals surface area contributed by atoms with Crippen LogP contribution in [-0.2, 0) is 22.0 Å². The van der Waals surface area contributed by atoms with Crippen molar-refractivity contribution in [1.29, 1.82) is 0 Å². The van der Waals surface area contributed by atoms with Gasteiger partial charge in [0, 0.05) is 0 Å². The first-order chi connectivity index (χ1) is 14.5. The quantitative estimate of drug-likeness (QED) is 0.460. The maximum absolute atomic E-state index is 12.8. The predicted molar refractivity (Wildman–Crippen MR) is 116 cm³/mol. The highest BCUT2D eigenvalue weighted by Crippen LogP contribution is 2.31. The first-order valence-corrected chi connectivity index (χ1v) is 11.9. The van der Waals surface area contributed by atoms with Gasteiger partial charge in [0.15, 0.2) is 0 Å². The molecule has 1 N–H and O–H groups in total. The molecule has 0 radical (unpaired) electrons. The lowest BCUT2D eigenvalue weighted by atomic mass is 9.88. The van der Waals surface area contributed by atoms with Crippen LogP contribution in [0.1, 0.15) is 51.0 Å². The molecule has 1 unspecified atom stereocenters. The summed E-state index contributed by atoms with van der Waals surface area (Å²) in [5.74, 6) is 0. The van der Waals surface area contributed by atoms with Crippen LogP contribution < -0.4 is 0 Å². The normalized spacial score (nSPS) is 13.8. The second-order valence-corrected chi connectivity index (χ2v) is 9.62. The Hall–Kier alpha value is -2.51. The van der Waals surface area contributed by atoms with Crippen molar-refractivity contribution >= 4 is 9.84 Å². The van der Waals surface area contributed by atoms with Gasteiger partial charge >= 0.3 is 0 Å². The molecule has 0 saturated carbocycles. The Morgan fingerprint density at radius 1 is 0.867 bits per heavy atom. The van der Waals surface area contributed by atoms with E-state index in [1.54, 1.807) is 71.8 Å². The number of benzene rings is 2. The van der Waals surface area contributed by atoms with Gasteiger partial charge < -0.3 is 9.67 Å². The van der Waals surface area contributed by atoms with Gasteiger partial charge in [-0.3, -0.25) is 0 Å². The van der Waals surface area contributed by atoms with Crippen molar-refractivity contribution in [1.82, 2.24) is 14.8 Å². The highest BCUT2D eigenvalue weighted by Gasteiger charge is 2.30. The highest BCUT2D eigenvalue weighted by molar-refractivity contribution is 7.91. The number of sulfone groups is 1. The van der Waals surface area contributed by atoms with E-state index in [1.807, 2.05) is 0 Å². The fourth-order valence-electron chi connectivity index (χ4n) is 3.62. The lowest BCUT2D eigenvalue weighted by Crippen LogP contribution is -2.31. The topological polar surface area (TPSA) is 85.1 Å². The lowest BCUT2D eigenvalue weighted by Gasteiger charge is -2.29. The minimum Gasteiger partial charge on any atom is -0.383 e. The maximum Gasteiger partial charge on any atom is 0.206 e. The van der Waals surface area contributed by atoms with Crippen molar-refractivity contribution in [2.45, 2.75) is 67.4 Å². The first kappa shape index (κ1) is 22.2. The molecule has 30 heavy (non-hydrogen) atoms. The van der Waals surface area contributed by atoms with Crippen molar-refractivity contribution in [3.05, 3.63) is 72.8 Å². The van der Waals surface area contributed by atoms with Gasteiger partial charge in [0.2, 0.25) is 9.84 Å². The highest BCUT2D eigenvalue weighted by atomic mass is 32.2. The molecule has 0 aliphatic heterocycles. The van der Waals surface area contributed by atoms with Gasteiger partial charge in [-0.05, 0) is 36.2 Å². The van der Waals surface area contributed by atoms with Crippen molar-refractivity contribution in [2.24, 2.45) is 0 Å². The molecule has 0 bridgehead atoms. The molecule has 3 rings (SSSR count).